The van der Waals surface area contributed by atoms with E-state index in [4.69, 9.17) is 0 Å². The van der Waals surface area contributed by atoms with Gasteiger partial charge in [0.1, 0.15) is 5.52 Å². The Balaban J connectivity index is 1.52. The highest BCUT2D eigenvalue weighted by Gasteiger charge is 2.23. The number of carbonyl (C=O) groups is 1. The van der Waals surface area contributed by atoms with Crippen molar-refractivity contribution in [2.24, 2.45) is 0 Å². The Labute approximate surface area is 193 Å². The molecule has 12 heteroatoms. The third kappa shape index (κ3) is 4.63. The van der Waals surface area contributed by atoms with Crippen LogP contribution >= 0.6 is 23.1 Å². The minimum atomic E-state index is -3.58. The lowest BCUT2D eigenvalue weighted by atomic mass is 10.2. The van der Waals surface area contributed by atoms with E-state index in [0.717, 1.165) is 10.4 Å². The normalized spacial score (nSPS) is 12.1. The molecule has 4 aromatic rings. The van der Waals surface area contributed by atoms with Crippen molar-refractivity contribution in [3.05, 3.63) is 40.6 Å². The predicted molar refractivity (Wildman–Crippen MR) is 126 cm³/mol. The molecule has 9 nitrogen and oxygen atoms in total. The smallest absolute Gasteiger partial charge is 0.243 e. The largest absolute Gasteiger partial charge is 0.350 e. The number of carbonyl (C=O) groups excluding carboxylic acids is 1. The predicted octanol–water partition coefficient (Wildman–Crippen LogP) is 3.01. The van der Waals surface area contributed by atoms with Gasteiger partial charge < -0.3 is 10.3 Å². The van der Waals surface area contributed by atoms with Gasteiger partial charge in [0.05, 0.1) is 17.2 Å². The van der Waals surface area contributed by atoms with E-state index >= 15 is 0 Å². The molecule has 2 N–H and O–H groups in total. The number of nitrogens with zero attached hydrogens (tertiary/aromatic N) is 4. The first-order chi connectivity index (χ1) is 15.4. The molecule has 0 saturated carbocycles. The van der Waals surface area contributed by atoms with Crippen LogP contribution in [0, 0.1) is 0 Å². The summed E-state index contributed by atoms with van der Waals surface area (Å²) in [6.45, 7) is 4.90. The second kappa shape index (κ2) is 9.53. The van der Waals surface area contributed by atoms with Crippen molar-refractivity contribution in [1.82, 2.24) is 29.8 Å². The molecule has 0 fully saturated rings. The Hall–Kier alpha value is -2.54. The highest BCUT2D eigenvalue weighted by molar-refractivity contribution is 7.99. The van der Waals surface area contributed by atoms with E-state index in [-0.39, 0.29) is 16.6 Å². The molecule has 3 aromatic heterocycles. The van der Waals surface area contributed by atoms with Crippen molar-refractivity contribution in [3.8, 4) is 0 Å². The lowest BCUT2D eigenvalue weighted by molar-refractivity contribution is -0.118. The number of aromatic nitrogens is 4. The Morgan fingerprint density at radius 2 is 2.03 bits per heavy atom. The number of thiophene rings is 1. The molecule has 0 aliphatic heterocycles. The summed E-state index contributed by atoms with van der Waals surface area (Å²) in [6, 6.07) is 8.79. The number of rotatable bonds is 9. The number of thioether (sulfide) groups is 1. The average molecular weight is 491 g/mol. The minimum absolute atomic E-state index is 0.116. The van der Waals surface area contributed by atoms with E-state index in [1.807, 2.05) is 31.4 Å². The maximum atomic E-state index is 12.9. The number of amides is 1. The molecule has 0 radical (unpaired) electrons. The Morgan fingerprint density at radius 1 is 1.22 bits per heavy atom. The van der Waals surface area contributed by atoms with Crippen LogP contribution in [0.3, 0.4) is 0 Å². The van der Waals surface area contributed by atoms with Crippen molar-refractivity contribution in [2.45, 2.75) is 30.4 Å². The summed E-state index contributed by atoms with van der Waals surface area (Å²) in [4.78, 5) is 21.0. The molecule has 0 bridgehead atoms. The monoisotopic (exact) mass is 490 g/mol. The fraction of sp³-hybridized carbons (Fsp3) is 0.300. The Bertz CT molecular complexity index is 1350. The average Bonchev–Trinajstić information content (AvgIpc) is 3.43. The van der Waals surface area contributed by atoms with Crippen LogP contribution in [0.4, 0.5) is 0 Å². The Morgan fingerprint density at radius 3 is 2.75 bits per heavy atom. The molecule has 168 valence electrons. The van der Waals surface area contributed by atoms with E-state index < -0.39 is 10.0 Å². The lowest BCUT2D eigenvalue weighted by Gasteiger charge is -2.18. The summed E-state index contributed by atoms with van der Waals surface area (Å²) in [5.74, 6) is 0.0559. The number of fused-ring (bicyclic) bond motifs is 3. The zero-order valence-electron chi connectivity index (χ0n) is 17.5. The third-order valence-electron chi connectivity index (χ3n) is 4.88. The van der Waals surface area contributed by atoms with Gasteiger partial charge in [0.2, 0.25) is 21.1 Å². The number of benzene rings is 1. The third-order valence-corrected chi connectivity index (χ3v) is 8.64. The van der Waals surface area contributed by atoms with E-state index in [1.54, 1.807) is 29.5 Å². The van der Waals surface area contributed by atoms with Crippen molar-refractivity contribution in [2.75, 3.05) is 18.8 Å². The van der Waals surface area contributed by atoms with E-state index in [9.17, 15) is 13.2 Å². The zero-order valence-corrected chi connectivity index (χ0v) is 20.0. The molecular weight excluding hydrogens is 468 g/mol. The molecule has 0 aliphatic rings. The van der Waals surface area contributed by atoms with E-state index in [2.05, 4.69) is 25.5 Å². The van der Waals surface area contributed by atoms with Gasteiger partial charge in [-0.2, -0.15) is 4.31 Å². The van der Waals surface area contributed by atoms with Gasteiger partial charge in [0.25, 0.3) is 0 Å². The first kappa shape index (κ1) is 22.6. The molecule has 0 unspecified atom stereocenters. The van der Waals surface area contributed by atoms with Crippen LogP contribution in [0.1, 0.15) is 18.7 Å². The maximum Gasteiger partial charge on any atom is 0.243 e. The molecule has 32 heavy (non-hydrogen) atoms. The quantitative estimate of drug-likeness (QED) is 0.346. The number of H-pyrrole nitrogens is 1. The van der Waals surface area contributed by atoms with Gasteiger partial charge in [0, 0.05) is 28.9 Å². The van der Waals surface area contributed by atoms with Crippen LogP contribution in [0.5, 0.6) is 0 Å². The van der Waals surface area contributed by atoms with Crippen molar-refractivity contribution < 1.29 is 13.2 Å². The van der Waals surface area contributed by atoms with Crippen molar-refractivity contribution in [3.63, 3.8) is 0 Å². The fourth-order valence-electron chi connectivity index (χ4n) is 3.25. The van der Waals surface area contributed by atoms with Crippen LogP contribution in [-0.4, -0.2) is 57.6 Å². The molecule has 1 aromatic carbocycles. The second-order valence-electron chi connectivity index (χ2n) is 6.86. The lowest BCUT2D eigenvalue weighted by Crippen LogP contribution is -2.30. The highest BCUT2D eigenvalue weighted by atomic mass is 32.2. The molecule has 4 rings (SSSR count). The molecule has 1 amide bonds. The summed E-state index contributed by atoms with van der Waals surface area (Å²) in [7, 11) is -3.58. The fourth-order valence-corrected chi connectivity index (χ4v) is 6.00. The SMILES string of the molecule is CCN(CC)S(=O)(=O)c1ccc2[nH]c3nc(SCC(=O)NCc4cccs4)nnc3c2c1. The molecule has 0 atom stereocenters. The van der Waals surface area contributed by atoms with Gasteiger partial charge in [-0.05, 0) is 29.6 Å². The van der Waals surface area contributed by atoms with Gasteiger partial charge in [-0.25, -0.2) is 13.4 Å². The maximum absolute atomic E-state index is 12.9. The van der Waals surface area contributed by atoms with Gasteiger partial charge in [-0.15, -0.1) is 21.5 Å². The second-order valence-corrected chi connectivity index (χ2v) is 10.8. The summed E-state index contributed by atoms with van der Waals surface area (Å²) >= 11 is 2.78. The van der Waals surface area contributed by atoms with Crippen molar-refractivity contribution >= 4 is 61.1 Å². The first-order valence-corrected chi connectivity index (χ1v) is 13.3. The van der Waals surface area contributed by atoms with Crippen LogP contribution in [0.2, 0.25) is 0 Å². The van der Waals surface area contributed by atoms with Gasteiger partial charge in [-0.1, -0.05) is 31.7 Å². The number of nitrogens with one attached hydrogen (secondary N) is 2. The molecule has 0 aliphatic carbocycles. The number of hydrogen-bond donors (Lipinski definition) is 2. The van der Waals surface area contributed by atoms with Crippen LogP contribution in [0.15, 0.2) is 45.8 Å². The van der Waals surface area contributed by atoms with Gasteiger partial charge >= 0.3 is 0 Å². The van der Waals surface area contributed by atoms with Crippen LogP contribution in [0.25, 0.3) is 22.1 Å². The Kier molecular flexibility index (Phi) is 6.74. The molecule has 3 heterocycles. The highest BCUT2D eigenvalue weighted by Crippen LogP contribution is 2.27. The van der Waals surface area contributed by atoms with Crippen molar-refractivity contribution in [1.29, 1.82) is 0 Å². The summed E-state index contributed by atoms with van der Waals surface area (Å²) in [6.07, 6.45) is 0. The number of aromatic amines is 1. The van der Waals surface area contributed by atoms with Gasteiger partial charge in [0.15, 0.2) is 5.65 Å². The van der Waals surface area contributed by atoms with E-state index in [0.29, 0.717) is 41.3 Å². The topological polar surface area (TPSA) is 121 Å². The first-order valence-electron chi connectivity index (χ1n) is 10.0. The summed E-state index contributed by atoms with van der Waals surface area (Å²) in [5.41, 5.74) is 1.70. The summed E-state index contributed by atoms with van der Waals surface area (Å²) < 4.78 is 27.1. The van der Waals surface area contributed by atoms with Crippen LogP contribution in [-0.2, 0) is 21.4 Å². The zero-order chi connectivity index (χ0) is 22.7. The summed E-state index contributed by atoms with van der Waals surface area (Å²) in [5, 5.41) is 14.2. The number of hydrogen-bond acceptors (Lipinski definition) is 8. The molecule has 0 saturated heterocycles. The number of sulfonamides is 1. The van der Waals surface area contributed by atoms with Crippen LogP contribution < -0.4 is 5.32 Å². The molecule has 0 spiro atoms. The standard InChI is InChI=1S/C20H22N6O3S3/c1-3-26(4-2)32(28,29)14-7-8-16-15(10-14)18-19(22-16)23-20(25-24-18)31-12-17(27)21-11-13-6-5-9-30-13/h5-10H,3-4,11-12H2,1-2H3,(H,21,27)(H,22,23,25). The van der Waals surface area contributed by atoms with Gasteiger partial charge in [-0.3, -0.25) is 4.79 Å². The molecular formula is C20H22N6O3S3. The minimum Gasteiger partial charge on any atom is -0.350 e. The van der Waals surface area contributed by atoms with E-state index in [1.165, 1.54) is 16.1 Å².